The summed E-state index contributed by atoms with van der Waals surface area (Å²) < 4.78 is 0. The maximum absolute atomic E-state index is 6.22. The average Bonchev–Trinajstić information content (AvgIpc) is 2.45. The van der Waals surface area contributed by atoms with Crippen LogP contribution in [-0.4, -0.2) is 6.69 Å². The first-order valence-electron chi connectivity index (χ1n) is 4.24. The van der Waals surface area contributed by atoms with Gasteiger partial charge in [0.05, 0.1) is 0 Å². The van der Waals surface area contributed by atoms with Crippen molar-refractivity contribution < 1.29 is 0 Å². The van der Waals surface area contributed by atoms with Crippen LogP contribution in [0, 0.1) is 0 Å². The topological polar surface area (TPSA) is 0 Å². The number of halogens is 2. The average molecular weight is 229 g/mol. The Bertz CT molecular complexity index is 352. The van der Waals surface area contributed by atoms with Gasteiger partial charge in [0.2, 0.25) is 0 Å². The molecule has 1 atom stereocenters. The van der Waals surface area contributed by atoms with Gasteiger partial charge < -0.3 is 0 Å². The van der Waals surface area contributed by atoms with Crippen LogP contribution in [0.5, 0.6) is 0 Å². The molecule has 0 nitrogen and oxygen atoms in total. The summed E-state index contributed by atoms with van der Waals surface area (Å²) in [4.78, 5) is 0. The number of hydrogen-bond donors (Lipinski definition) is 0. The van der Waals surface area contributed by atoms with Gasteiger partial charge >= 0.3 is 0 Å². The highest BCUT2D eigenvalue weighted by atomic mass is 35.7. The minimum absolute atomic E-state index is 0.257. The van der Waals surface area contributed by atoms with E-state index in [0.717, 1.165) is 0 Å². The van der Waals surface area contributed by atoms with Crippen molar-refractivity contribution in [3.8, 4) is 0 Å². The molecule has 0 bridgehead atoms. The zero-order valence-corrected chi connectivity index (χ0v) is 9.81. The number of benzene rings is 1. The van der Waals surface area contributed by atoms with Gasteiger partial charge in [0.1, 0.15) is 0 Å². The fourth-order valence-electron chi connectivity index (χ4n) is 1.69. The third kappa shape index (κ3) is 1.69. The van der Waals surface area contributed by atoms with E-state index < -0.39 is 6.69 Å². The maximum Gasteiger partial charge on any atom is 0.259 e. The normalized spacial score (nSPS) is 20.4. The minimum Gasteiger partial charge on any atom is -0.145 e. The summed E-state index contributed by atoms with van der Waals surface area (Å²) in [6.45, 7) is -0.152. The molecule has 0 radical (unpaired) electrons. The number of allylic oxidation sites excluding steroid dienone is 1. The Morgan fingerprint density at radius 1 is 1.23 bits per heavy atom. The van der Waals surface area contributed by atoms with Crippen molar-refractivity contribution in [3.63, 3.8) is 0 Å². The van der Waals surface area contributed by atoms with Gasteiger partial charge in [-0.05, 0) is 17.7 Å². The second-order valence-electron chi connectivity index (χ2n) is 3.42. The van der Waals surface area contributed by atoms with Crippen LogP contribution in [-0.2, 0) is 0 Å². The highest BCUT2D eigenvalue weighted by Crippen LogP contribution is 2.40. The summed E-state index contributed by atoms with van der Waals surface area (Å²) in [7, 11) is 0. The van der Waals surface area contributed by atoms with E-state index in [-0.39, 0.29) is 5.54 Å². The molecule has 2 rings (SSSR count). The van der Waals surface area contributed by atoms with Crippen LogP contribution in [0.25, 0.3) is 6.08 Å². The summed E-state index contributed by atoms with van der Waals surface area (Å²) in [5.41, 5.74) is 2.79. The van der Waals surface area contributed by atoms with E-state index in [1.807, 2.05) is 18.7 Å². The zero-order chi connectivity index (χ0) is 9.47. The van der Waals surface area contributed by atoms with E-state index >= 15 is 0 Å². The molecule has 0 heterocycles. The molecule has 0 aromatic heterocycles. The minimum atomic E-state index is -2.12. The Balaban J connectivity index is 2.45. The fourth-order valence-corrected chi connectivity index (χ4v) is 4.08. The lowest BCUT2D eigenvalue weighted by Gasteiger charge is -2.18. The van der Waals surface area contributed by atoms with Crippen molar-refractivity contribution in [1.29, 1.82) is 0 Å². The number of fused-ring (bicyclic) bond motifs is 1. The predicted octanol–water partition coefficient (Wildman–Crippen LogP) is 3.89. The molecule has 0 saturated carbocycles. The van der Waals surface area contributed by atoms with Gasteiger partial charge in [-0.25, -0.2) is 0 Å². The van der Waals surface area contributed by atoms with Gasteiger partial charge in [0, 0.05) is 5.54 Å². The van der Waals surface area contributed by atoms with Gasteiger partial charge in [-0.15, -0.1) is 22.2 Å². The smallest absolute Gasteiger partial charge is 0.145 e. The first-order valence-corrected chi connectivity index (χ1v) is 8.84. The van der Waals surface area contributed by atoms with Crippen LogP contribution in [0.15, 0.2) is 30.3 Å². The van der Waals surface area contributed by atoms with E-state index in [2.05, 4.69) is 24.3 Å². The van der Waals surface area contributed by atoms with Crippen molar-refractivity contribution in [1.82, 2.24) is 0 Å². The number of rotatable bonds is 1. The molecule has 0 aliphatic heterocycles. The van der Waals surface area contributed by atoms with E-state index in [4.69, 9.17) is 22.2 Å². The zero-order valence-electron chi connectivity index (χ0n) is 7.30. The monoisotopic (exact) mass is 228 g/mol. The van der Waals surface area contributed by atoms with E-state index in [0.29, 0.717) is 0 Å². The molecule has 0 fully saturated rings. The van der Waals surface area contributed by atoms with Crippen molar-refractivity contribution in [2.24, 2.45) is 0 Å². The quantitative estimate of drug-likeness (QED) is 0.506. The van der Waals surface area contributed by atoms with Gasteiger partial charge in [-0.1, -0.05) is 36.4 Å². The van der Waals surface area contributed by atoms with E-state index in [1.165, 1.54) is 11.1 Å². The van der Waals surface area contributed by atoms with Crippen LogP contribution >= 0.6 is 22.2 Å². The summed E-state index contributed by atoms with van der Waals surface area (Å²) >= 11 is 12.4. The second-order valence-corrected chi connectivity index (χ2v) is 11.2. The molecule has 1 aromatic carbocycles. The Hall–Kier alpha value is -0.243. The molecule has 1 aliphatic rings. The molecular weight excluding hydrogens is 219 g/mol. The van der Waals surface area contributed by atoms with Crippen LogP contribution < -0.4 is 0 Å². The van der Waals surface area contributed by atoms with Crippen LogP contribution in [0.3, 0.4) is 0 Å². The molecule has 0 spiro atoms. The summed E-state index contributed by atoms with van der Waals surface area (Å²) in [6.07, 6.45) is 4.23. The maximum atomic E-state index is 6.22. The summed E-state index contributed by atoms with van der Waals surface area (Å²) in [6, 6.07) is 8.27. The van der Waals surface area contributed by atoms with Gasteiger partial charge in [-0.2, -0.15) is 0 Å². The molecule has 0 amide bonds. The summed E-state index contributed by atoms with van der Waals surface area (Å²) in [5.74, 6) is 0. The molecule has 1 unspecified atom stereocenters. The Morgan fingerprint density at radius 2 is 1.92 bits per heavy atom. The Labute approximate surface area is 88.6 Å². The van der Waals surface area contributed by atoms with E-state index in [1.54, 1.807) is 0 Å². The first-order chi connectivity index (χ1) is 6.09. The SMILES string of the molecule is C[Si](Cl)(Cl)C1C=Cc2ccccc21. The highest BCUT2D eigenvalue weighted by Gasteiger charge is 2.35. The molecule has 13 heavy (non-hydrogen) atoms. The number of hydrogen-bond acceptors (Lipinski definition) is 0. The first kappa shape index (κ1) is 9.32. The van der Waals surface area contributed by atoms with Crippen LogP contribution in [0.1, 0.15) is 16.7 Å². The molecule has 0 saturated heterocycles. The van der Waals surface area contributed by atoms with E-state index in [9.17, 15) is 0 Å². The van der Waals surface area contributed by atoms with Crippen molar-refractivity contribution in [3.05, 3.63) is 41.5 Å². The lowest BCUT2D eigenvalue weighted by molar-refractivity contribution is 1.21. The second kappa shape index (κ2) is 3.16. The summed E-state index contributed by atoms with van der Waals surface area (Å²) in [5, 5.41) is 0. The fraction of sp³-hybridized carbons (Fsp3) is 0.200. The molecular formula is C10H10Cl2Si. The molecule has 0 N–H and O–H groups in total. The molecule has 1 aliphatic carbocycles. The third-order valence-electron chi connectivity index (χ3n) is 2.35. The Morgan fingerprint density at radius 3 is 2.62 bits per heavy atom. The van der Waals surface area contributed by atoms with Crippen LogP contribution in [0.4, 0.5) is 0 Å². The van der Waals surface area contributed by atoms with Gasteiger partial charge in [0.25, 0.3) is 6.69 Å². The Kier molecular flexibility index (Phi) is 2.26. The molecule has 3 heteroatoms. The molecule has 68 valence electrons. The van der Waals surface area contributed by atoms with Crippen molar-refractivity contribution in [2.45, 2.75) is 12.1 Å². The molecule has 1 aromatic rings. The van der Waals surface area contributed by atoms with Crippen molar-refractivity contribution in [2.75, 3.05) is 0 Å². The highest BCUT2D eigenvalue weighted by molar-refractivity contribution is 7.45. The predicted molar refractivity (Wildman–Crippen MR) is 61.5 cm³/mol. The standard InChI is InChI=1S/C10H10Cl2Si/c1-13(11,12)10-7-6-8-4-2-3-5-9(8)10/h2-7,10H,1H3. The van der Waals surface area contributed by atoms with Gasteiger partial charge in [-0.3, -0.25) is 0 Å². The van der Waals surface area contributed by atoms with Crippen LogP contribution in [0.2, 0.25) is 6.55 Å². The van der Waals surface area contributed by atoms with Gasteiger partial charge in [0.15, 0.2) is 0 Å². The largest absolute Gasteiger partial charge is 0.259 e. The van der Waals surface area contributed by atoms with Crippen molar-refractivity contribution >= 4 is 34.9 Å². The lowest BCUT2D eigenvalue weighted by Crippen LogP contribution is -2.22. The third-order valence-corrected chi connectivity index (χ3v) is 5.35. The lowest BCUT2D eigenvalue weighted by atomic mass is 10.1.